The number of piperazine rings is 1. The van der Waals surface area contributed by atoms with Gasteiger partial charge in [0.25, 0.3) is 0 Å². The first-order chi connectivity index (χ1) is 17.7. The van der Waals surface area contributed by atoms with Crippen LogP contribution in [-0.4, -0.2) is 58.3 Å². The molecule has 0 radical (unpaired) electrons. The highest BCUT2D eigenvalue weighted by molar-refractivity contribution is 5.49. The van der Waals surface area contributed by atoms with Crippen molar-refractivity contribution in [2.75, 3.05) is 37.7 Å². The highest BCUT2D eigenvalue weighted by Gasteiger charge is 2.30. The van der Waals surface area contributed by atoms with Gasteiger partial charge in [0.1, 0.15) is 24.7 Å². The number of hydrogen-bond donors (Lipinski definition) is 0. The summed E-state index contributed by atoms with van der Waals surface area (Å²) in [7, 11) is 0. The smallest absolute Gasteiger partial charge is 0.416 e. The van der Waals surface area contributed by atoms with Crippen LogP contribution in [0.3, 0.4) is 0 Å². The van der Waals surface area contributed by atoms with Crippen LogP contribution in [0.25, 0.3) is 0 Å². The predicted molar refractivity (Wildman–Crippen MR) is 129 cm³/mol. The quantitative estimate of drug-likeness (QED) is 0.340. The third-order valence-corrected chi connectivity index (χ3v) is 6.58. The second-order valence-electron chi connectivity index (χ2n) is 9.12. The molecule has 3 heterocycles. The summed E-state index contributed by atoms with van der Waals surface area (Å²) in [6.07, 6.45) is -2.52. The third kappa shape index (κ3) is 5.96. The summed E-state index contributed by atoms with van der Waals surface area (Å²) >= 11 is 0. The zero-order valence-corrected chi connectivity index (χ0v) is 19.9. The van der Waals surface area contributed by atoms with Gasteiger partial charge in [0.05, 0.1) is 5.56 Å². The second-order valence-corrected chi connectivity index (χ2v) is 9.12. The largest absolute Gasteiger partial charge is 0.490 e. The molecule has 3 aromatic rings. The lowest BCUT2D eigenvalue weighted by Gasteiger charge is -2.36. The Morgan fingerprint density at radius 2 is 1.73 bits per heavy atom. The number of halogens is 3. The fourth-order valence-electron chi connectivity index (χ4n) is 4.50. The van der Waals surface area contributed by atoms with Crippen LogP contribution in [0.15, 0.2) is 54.7 Å². The molecule has 1 fully saturated rings. The Bertz CT molecular complexity index is 1220. The van der Waals surface area contributed by atoms with Crippen LogP contribution in [0.1, 0.15) is 17.5 Å². The summed E-state index contributed by atoms with van der Waals surface area (Å²) in [5.74, 6) is 0.473. The maximum atomic E-state index is 12.8. The van der Waals surface area contributed by atoms with Crippen LogP contribution in [-0.2, 0) is 19.3 Å². The van der Waals surface area contributed by atoms with Gasteiger partial charge >= 0.3 is 18.0 Å². The number of aromatic nitrogens is 2. The molecule has 12 heteroatoms. The number of anilines is 1. The molecule has 1 unspecified atom stereocenters. The summed E-state index contributed by atoms with van der Waals surface area (Å²) in [5.41, 5.74) is 1.31. The molecular weight excluding hydrogens is 491 g/mol. The minimum absolute atomic E-state index is 0.229. The number of imidazole rings is 1. The number of aryl methyl sites for hydroxylation is 1. The highest BCUT2D eigenvalue weighted by atomic mass is 19.4. The summed E-state index contributed by atoms with van der Waals surface area (Å²) in [6.45, 7) is 4.76. The third-order valence-electron chi connectivity index (χ3n) is 6.58. The van der Waals surface area contributed by atoms with Crippen molar-refractivity contribution in [2.45, 2.75) is 31.8 Å². The molecule has 1 saturated heterocycles. The van der Waals surface area contributed by atoms with Crippen molar-refractivity contribution < 1.29 is 27.6 Å². The van der Waals surface area contributed by atoms with Gasteiger partial charge in [-0.05, 0) is 46.9 Å². The average Bonchev–Trinajstić information content (AvgIpc) is 3.32. The number of ether oxygens (including phenoxy) is 2. The summed E-state index contributed by atoms with van der Waals surface area (Å²) in [6, 6.07) is 13.4. The van der Waals surface area contributed by atoms with Gasteiger partial charge in [0, 0.05) is 56.4 Å². The van der Waals surface area contributed by atoms with Crippen molar-refractivity contribution >= 4 is 11.5 Å². The minimum atomic E-state index is -4.32. The van der Waals surface area contributed by atoms with E-state index in [9.17, 15) is 23.3 Å². The van der Waals surface area contributed by atoms with Gasteiger partial charge in [-0.25, -0.2) is 0 Å². The van der Waals surface area contributed by atoms with E-state index in [0.717, 1.165) is 49.6 Å². The zero-order valence-electron chi connectivity index (χ0n) is 19.9. The molecule has 196 valence electrons. The molecular formula is C25H26F3N5O4. The van der Waals surface area contributed by atoms with Crippen LogP contribution >= 0.6 is 0 Å². The van der Waals surface area contributed by atoms with E-state index in [4.69, 9.17) is 9.47 Å². The average molecular weight is 518 g/mol. The van der Waals surface area contributed by atoms with E-state index in [0.29, 0.717) is 31.9 Å². The molecule has 0 aliphatic carbocycles. The first kappa shape index (κ1) is 24.9. The molecule has 0 amide bonds. The monoisotopic (exact) mass is 517 g/mol. The molecule has 0 N–H and O–H groups in total. The van der Waals surface area contributed by atoms with E-state index in [1.54, 1.807) is 16.7 Å². The SMILES string of the molecule is O=[N+]([O-])c1cn2c(n1)OC(COc1ccc(N3CCN(Cc4ccc(C(F)(F)F)cc4)CC3)cc1)CC2. The molecule has 0 spiro atoms. The van der Waals surface area contributed by atoms with E-state index < -0.39 is 16.7 Å². The van der Waals surface area contributed by atoms with Crippen molar-refractivity contribution in [3.63, 3.8) is 0 Å². The van der Waals surface area contributed by atoms with E-state index in [-0.39, 0.29) is 17.9 Å². The van der Waals surface area contributed by atoms with E-state index in [2.05, 4.69) is 14.8 Å². The van der Waals surface area contributed by atoms with Gasteiger partial charge in [-0.15, -0.1) is 0 Å². The van der Waals surface area contributed by atoms with Crippen molar-refractivity contribution in [1.29, 1.82) is 0 Å². The fraction of sp³-hybridized carbons (Fsp3) is 0.400. The maximum absolute atomic E-state index is 12.8. The van der Waals surface area contributed by atoms with Gasteiger partial charge in [-0.2, -0.15) is 13.2 Å². The molecule has 37 heavy (non-hydrogen) atoms. The molecule has 0 saturated carbocycles. The first-order valence-corrected chi connectivity index (χ1v) is 12.0. The van der Waals surface area contributed by atoms with Crippen LogP contribution in [0, 0.1) is 10.1 Å². The van der Waals surface area contributed by atoms with Crippen molar-refractivity contribution in [2.24, 2.45) is 0 Å². The Balaban J connectivity index is 1.07. The number of benzene rings is 2. The Morgan fingerprint density at radius 1 is 1.03 bits per heavy atom. The van der Waals surface area contributed by atoms with E-state index in [1.807, 2.05) is 24.3 Å². The Hall–Kier alpha value is -3.80. The number of nitrogens with zero attached hydrogens (tertiary/aromatic N) is 5. The van der Waals surface area contributed by atoms with Gasteiger partial charge in [0.15, 0.2) is 0 Å². The van der Waals surface area contributed by atoms with Crippen LogP contribution < -0.4 is 14.4 Å². The Labute approximate surface area is 211 Å². The van der Waals surface area contributed by atoms with Gasteiger partial charge < -0.3 is 24.5 Å². The van der Waals surface area contributed by atoms with Gasteiger partial charge in [0.2, 0.25) is 0 Å². The van der Waals surface area contributed by atoms with Crippen LogP contribution in [0.5, 0.6) is 11.8 Å². The second kappa shape index (κ2) is 10.3. The fourth-order valence-corrected chi connectivity index (χ4v) is 4.50. The Kier molecular flexibility index (Phi) is 6.92. The molecule has 1 aromatic heterocycles. The lowest BCUT2D eigenvalue weighted by molar-refractivity contribution is -0.389. The lowest BCUT2D eigenvalue weighted by Crippen LogP contribution is -2.45. The summed E-state index contributed by atoms with van der Waals surface area (Å²) in [4.78, 5) is 18.8. The lowest BCUT2D eigenvalue weighted by atomic mass is 10.1. The first-order valence-electron chi connectivity index (χ1n) is 12.0. The summed E-state index contributed by atoms with van der Waals surface area (Å²) < 4.78 is 51.5. The van der Waals surface area contributed by atoms with Crippen LogP contribution in [0.2, 0.25) is 0 Å². The number of hydrogen-bond acceptors (Lipinski definition) is 7. The number of fused-ring (bicyclic) bond motifs is 1. The number of nitro groups is 1. The standard InChI is InChI=1S/C25H26F3N5O4/c26-25(27,28)19-3-1-18(2-4-19)15-30-11-13-31(14-12-30)20-5-7-21(8-6-20)36-17-22-9-10-32-16-23(33(34)35)29-24(32)37-22/h1-8,16,22H,9-15,17H2. The van der Waals surface area contributed by atoms with Gasteiger partial charge in [-0.3, -0.25) is 9.47 Å². The molecule has 1 atom stereocenters. The van der Waals surface area contributed by atoms with E-state index in [1.165, 1.54) is 6.20 Å². The Morgan fingerprint density at radius 3 is 2.38 bits per heavy atom. The molecule has 2 aromatic carbocycles. The molecule has 2 aliphatic rings. The topological polar surface area (TPSA) is 85.9 Å². The minimum Gasteiger partial charge on any atom is -0.490 e. The predicted octanol–water partition coefficient (Wildman–Crippen LogP) is 4.36. The molecule has 2 aliphatic heterocycles. The van der Waals surface area contributed by atoms with Crippen LogP contribution in [0.4, 0.5) is 24.7 Å². The maximum Gasteiger partial charge on any atom is 0.416 e. The van der Waals surface area contributed by atoms with Gasteiger partial charge in [-0.1, -0.05) is 12.1 Å². The molecule has 0 bridgehead atoms. The normalized spacial score (nSPS) is 18.2. The van der Waals surface area contributed by atoms with Crippen molar-refractivity contribution in [3.8, 4) is 11.8 Å². The van der Waals surface area contributed by atoms with Crippen molar-refractivity contribution in [3.05, 3.63) is 76.0 Å². The number of alkyl halides is 3. The highest BCUT2D eigenvalue weighted by Crippen LogP contribution is 2.29. The summed E-state index contributed by atoms with van der Waals surface area (Å²) in [5, 5.41) is 10.9. The molecule has 5 rings (SSSR count). The number of rotatable bonds is 7. The van der Waals surface area contributed by atoms with Crippen molar-refractivity contribution in [1.82, 2.24) is 14.5 Å². The zero-order chi connectivity index (χ0) is 26.0. The molecule has 9 nitrogen and oxygen atoms in total. The van der Waals surface area contributed by atoms with E-state index >= 15 is 0 Å².